The lowest BCUT2D eigenvalue weighted by Crippen LogP contribution is -2.50. The molecule has 0 aliphatic carbocycles. The summed E-state index contributed by atoms with van der Waals surface area (Å²) in [4.78, 5) is 21.5. The number of hydrogen-bond acceptors (Lipinski definition) is 4. The molecule has 1 aromatic heterocycles. The second-order valence-corrected chi connectivity index (χ2v) is 7.55. The van der Waals surface area contributed by atoms with E-state index in [0.717, 1.165) is 36.6 Å². The number of ether oxygens (including phenoxy) is 1. The van der Waals surface area contributed by atoms with Gasteiger partial charge < -0.3 is 15.0 Å². The molecule has 2 amide bonds. The molecule has 0 radical (unpaired) electrons. The lowest BCUT2D eigenvalue weighted by molar-refractivity contribution is 0.132. The molecular formula is C22H28N4O2. The van der Waals surface area contributed by atoms with Crippen LogP contribution in [0, 0.1) is 0 Å². The van der Waals surface area contributed by atoms with E-state index < -0.39 is 0 Å². The Bertz CT molecular complexity index is 777. The van der Waals surface area contributed by atoms with E-state index in [1.807, 2.05) is 47.4 Å². The Kier molecular flexibility index (Phi) is 6.07. The molecule has 3 heterocycles. The highest BCUT2D eigenvalue weighted by molar-refractivity contribution is 5.89. The molecule has 6 nitrogen and oxygen atoms in total. The SMILES string of the molecule is O=C(Nc1cccc(OCc2ccccn2)c1)N1CCC[C@H](N2CCCC2)C1. The minimum absolute atomic E-state index is 0.0224. The molecule has 4 rings (SSSR count). The van der Waals surface area contributed by atoms with E-state index in [1.165, 1.54) is 32.4 Å². The topological polar surface area (TPSA) is 57.7 Å². The van der Waals surface area contributed by atoms with Crippen LogP contribution in [0.4, 0.5) is 10.5 Å². The first kappa shape index (κ1) is 18.7. The number of nitrogens with zero attached hydrogens (tertiary/aromatic N) is 3. The zero-order chi connectivity index (χ0) is 19.2. The molecular weight excluding hydrogens is 352 g/mol. The van der Waals surface area contributed by atoms with E-state index in [-0.39, 0.29) is 6.03 Å². The number of pyridine rings is 1. The van der Waals surface area contributed by atoms with Crippen molar-refractivity contribution in [1.82, 2.24) is 14.8 Å². The van der Waals surface area contributed by atoms with E-state index in [9.17, 15) is 4.79 Å². The maximum Gasteiger partial charge on any atom is 0.321 e. The smallest absolute Gasteiger partial charge is 0.321 e. The first-order chi connectivity index (χ1) is 13.8. The Labute approximate surface area is 166 Å². The van der Waals surface area contributed by atoms with Crippen molar-refractivity contribution in [3.05, 3.63) is 54.4 Å². The van der Waals surface area contributed by atoms with Crippen LogP contribution in [0.3, 0.4) is 0 Å². The third-order valence-corrected chi connectivity index (χ3v) is 5.54. The third kappa shape index (κ3) is 4.81. The fourth-order valence-corrected chi connectivity index (χ4v) is 4.05. The largest absolute Gasteiger partial charge is 0.487 e. The quantitative estimate of drug-likeness (QED) is 0.858. The second kappa shape index (κ2) is 9.06. The average Bonchev–Trinajstić information content (AvgIpc) is 3.28. The zero-order valence-electron chi connectivity index (χ0n) is 16.2. The summed E-state index contributed by atoms with van der Waals surface area (Å²) in [6.45, 7) is 4.40. The highest BCUT2D eigenvalue weighted by Gasteiger charge is 2.29. The van der Waals surface area contributed by atoms with Crippen molar-refractivity contribution >= 4 is 11.7 Å². The minimum atomic E-state index is -0.0224. The first-order valence-corrected chi connectivity index (χ1v) is 10.2. The number of urea groups is 1. The molecule has 1 aromatic carbocycles. The van der Waals surface area contributed by atoms with Crippen molar-refractivity contribution in [2.75, 3.05) is 31.5 Å². The summed E-state index contributed by atoms with van der Waals surface area (Å²) < 4.78 is 5.81. The fourth-order valence-electron chi connectivity index (χ4n) is 4.05. The van der Waals surface area contributed by atoms with Crippen molar-refractivity contribution in [2.24, 2.45) is 0 Å². The summed E-state index contributed by atoms with van der Waals surface area (Å²) in [5, 5.41) is 3.03. The van der Waals surface area contributed by atoms with Gasteiger partial charge in [-0.05, 0) is 63.0 Å². The van der Waals surface area contributed by atoms with Gasteiger partial charge in [0.1, 0.15) is 12.4 Å². The van der Waals surface area contributed by atoms with Crippen molar-refractivity contribution in [3.63, 3.8) is 0 Å². The lowest BCUT2D eigenvalue weighted by Gasteiger charge is -2.37. The number of nitrogens with one attached hydrogen (secondary N) is 1. The summed E-state index contributed by atoms with van der Waals surface area (Å²) in [7, 11) is 0. The van der Waals surface area contributed by atoms with E-state index in [1.54, 1.807) is 6.20 Å². The molecule has 0 unspecified atom stereocenters. The van der Waals surface area contributed by atoms with Gasteiger partial charge in [-0.2, -0.15) is 0 Å². The molecule has 28 heavy (non-hydrogen) atoms. The van der Waals surface area contributed by atoms with E-state index >= 15 is 0 Å². The Morgan fingerprint density at radius 1 is 1.11 bits per heavy atom. The molecule has 1 atom stereocenters. The van der Waals surface area contributed by atoms with Gasteiger partial charge in [-0.25, -0.2) is 4.79 Å². The van der Waals surface area contributed by atoms with Crippen molar-refractivity contribution in [2.45, 2.75) is 38.3 Å². The van der Waals surface area contributed by atoms with Gasteiger partial charge in [0.25, 0.3) is 0 Å². The molecule has 0 saturated carbocycles. The summed E-state index contributed by atoms with van der Waals surface area (Å²) in [6, 6.07) is 13.8. The molecule has 2 aliphatic rings. The van der Waals surface area contributed by atoms with Crippen LogP contribution < -0.4 is 10.1 Å². The minimum Gasteiger partial charge on any atom is -0.487 e. The molecule has 0 bridgehead atoms. The highest BCUT2D eigenvalue weighted by Crippen LogP contribution is 2.22. The standard InChI is InChI=1S/C22H28N4O2/c27-22(26-14-6-9-20(16-26)25-12-3-4-13-25)24-18-8-5-10-21(15-18)28-17-19-7-1-2-11-23-19/h1-2,5,7-8,10-11,15,20H,3-4,6,9,12-14,16-17H2,(H,24,27)/t20-/m0/s1. The van der Waals surface area contributed by atoms with Crippen LogP contribution in [0.25, 0.3) is 0 Å². The molecule has 2 fully saturated rings. The number of piperidine rings is 1. The number of aromatic nitrogens is 1. The van der Waals surface area contributed by atoms with Crippen LogP contribution in [-0.4, -0.2) is 53.0 Å². The summed E-state index contributed by atoms with van der Waals surface area (Å²) in [5.74, 6) is 0.719. The van der Waals surface area contributed by atoms with Gasteiger partial charge >= 0.3 is 6.03 Å². The number of likely N-dealkylation sites (tertiary alicyclic amines) is 2. The first-order valence-electron chi connectivity index (χ1n) is 10.2. The normalized spacial score (nSPS) is 20.1. The van der Waals surface area contributed by atoms with Crippen LogP contribution in [0.1, 0.15) is 31.4 Å². The third-order valence-electron chi connectivity index (χ3n) is 5.54. The number of amides is 2. The molecule has 1 N–H and O–H groups in total. The fraction of sp³-hybridized carbons (Fsp3) is 0.455. The van der Waals surface area contributed by atoms with E-state index in [2.05, 4.69) is 15.2 Å². The molecule has 2 saturated heterocycles. The molecule has 2 aliphatic heterocycles. The zero-order valence-corrected chi connectivity index (χ0v) is 16.2. The predicted octanol–water partition coefficient (Wildman–Crippen LogP) is 3.75. The van der Waals surface area contributed by atoms with Gasteiger partial charge in [0.2, 0.25) is 0 Å². The van der Waals surface area contributed by atoms with Crippen molar-refractivity contribution < 1.29 is 9.53 Å². The van der Waals surface area contributed by atoms with Gasteiger partial charge in [-0.1, -0.05) is 12.1 Å². The van der Waals surface area contributed by atoms with Crippen LogP contribution in [-0.2, 0) is 6.61 Å². The number of benzene rings is 1. The van der Waals surface area contributed by atoms with E-state index in [0.29, 0.717) is 12.6 Å². The molecule has 6 heteroatoms. The monoisotopic (exact) mass is 380 g/mol. The Morgan fingerprint density at radius 2 is 2.00 bits per heavy atom. The van der Waals surface area contributed by atoms with Crippen LogP contribution in [0.15, 0.2) is 48.7 Å². The van der Waals surface area contributed by atoms with Crippen molar-refractivity contribution in [3.8, 4) is 5.75 Å². The Balaban J connectivity index is 1.32. The number of hydrogen-bond donors (Lipinski definition) is 1. The molecule has 0 spiro atoms. The van der Waals surface area contributed by atoms with Crippen molar-refractivity contribution in [1.29, 1.82) is 0 Å². The number of rotatable bonds is 5. The van der Waals surface area contributed by atoms with Gasteiger partial charge in [0, 0.05) is 37.1 Å². The molecule has 2 aromatic rings. The van der Waals surface area contributed by atoms with Crippen LogP contribution in [0.2, 0.25) is 0 Å². The van der Waals surface area contributed by atoms with Gasteiger partial charge in [0.15, 0.2) is 0 Å². The Morgan fingerprint density at radius 3 is 2.82 bits per heavy atom. The van der Waals surface area contributed by atoms with Gasteiger partial charge in [-0.15, -0.1) is 0 Å². The lowest BCUT2D eigenvalue weighted by atomic mass is 10.0. The van der Waals surface area contributed by atoms with Gasteiger partial charge in [0.05, 0.1) is 5.69 Å². The second-order valence-electron chi connectivity index (χ2n) is 7.55. The maximum atomic E-state index is 12.8. The summed E-state index contributed by atoms with van der Waals surface area (Å²) >= 11 is 0. The predicted molar refractivity (Wildman–Crippen MR) is 109 cm³/mol. The van der Waals surface area contributed by atoms with Crippen LogP contribution >= 0.6 is 0 Å². The van der Waals surface area contributed by atoms with Crippen LogP contribution in [0.5, 0.6) is 5.75 Å². The summed E-state index contributed by atoms with van der Waals surface area (Å²) in [5.41, 5.74) is 1.63. The number of carbonyl (C=O) groups is 1. The summed E-state index contributed by atoms with van der Waals surface area (Å²) in [6.07, 6.45) is 6.59. The number of carbonyl (C=O) groups excluding carboxylic acids is 1. The highest BCUT2D eigenvalue weighted by atomic mass is 16.5. The van der Waals surface area contributed by atoms with E-state index in [4.69, 9.17) is 4.74 Å². The Hall–Kier alpha value is -2.60. The average molecular weight is 380 g/mol. The maximum absolute atomic E-state index is 12.8. The number of anilines is 1. The molecule has 148 valence electrons. The van der Waals surface area contributed by atoms with Gasteiger partial charge in [-0.3, -0.25) is 9.88 Å².